The van der Waals surface area contributed by atoms with Gasteiger partial charge in [-0.1, -0.05) is 6.07 Å². The van der Waals surface area contributed by atoms with Crippen molar-refractivity contribution < 1.29 is 28.9 Å². The fourth-order valence-electron chi connectivity index (χ4n) is 4.47. The minimum absolute atomic E-state index is 0.0989. The van der Waals surface area contributed by atoms with E-state index in [2.05, 4.69) is 9.97 Å². The topological polar surface area (TPSA) is 115 Å². The van der Waals surface area contributed by atoms with Crippen LogP contribution >= 0.6 is 11.3 Å². The molecule has 1 amide bonds. The van der Waals surface area contributed by atoms with Crippen molar-refractivity contribution in [1.82, 2.24) is 14.4 Å². The van der Waals surface area contributed by atoms with Crippen molar-refractivity contribution in [3.8, 4) is 17.2 Å². The number of anilines is 1. The zero-order valence-corrected chi connectivity index (χ0v) is 20.7. The van der Waals surface area contributed by atoms with Gasteiger partial charge in [-0.05, 0) is 36.8 Å². The smallest absolute Gasteiger partial charge is 0.301 e. The number of thiazole rings is 1. The highest BCUT2D eigenvalue weighted by atomic mass is 32.1. The Morgan fingerprint density at radius 3 is 2.42 bits per heavy atom. The molecule has 10 nitrogen and oxygen atoms in total. The van der Waals surface area contributed by atoms with E-state index in [0.29, 0.717) is 45.0 Å². The normalized spacial score (nSPS) is 17.1. The molecule has 36 heavy (non-hydrogen) atoms. The van der Waals surface area contributed by atoms with Gasteiger partial charge in [-0.25, -0.2) is 9.97 Å². The zero-order valence-electron chi connectivity index (χ0n) is 19.9. The second-order valence-electron chi connectivity index (χ2n) is 7.92. The molecule has 0 aliphatic carbocycles. The van der Waals surface area contributed by atoms with Crippen LogP contribution in [-0.4, -0.2) is 52.5 Å². The van der Waals surface area contributed by atoms with E-state index in [1.165, 1.54) is 37.6 Å². The van der Waals surface area contributed by atoms with E-state index in [-0.39, 0.29) is 11.3 Å². The van der Waals surface area contributed by atoms with E-state index in [1.54, 1.807) is 53.4 Å². The fraction of sp³-hybridized carbons (Fsp3) is 0.200. The van der Waals surface area contributed by atoms with Gasteiger partial charge in [0.25, 0.3) is 5.78 Å². The first kappa shape index (κ1) is 23.4. The van der Waals surface area contributed by atoms with Gasteiger partial charge in [0.2, 0.25) is 5.75 Å². The van der Waals surface area contributed by atoms with E-state index in [9.17, 15) is 14.7 Å². The Hall–Kier alpha value is -4.38. The number of benzene rings is 1. The minimum Gasteiger partial charge on any atom is -0.505 e. The van der Waals surface area contributed by atoms with Crippen molar-refractivity contribution in [2.24, 2.45) is 0 Å². The van der Waals surface area contributed by atoms with Crippen LogP contribution < -0.4 is 19.1 Å². The van der Waals surface area contributed by atoms with Crippen LogP contribution in [0.1, 0.15) is 23.0 Å². The number of hydrogen-bond acceptors (Lipinski definition) is 9. The van der Waals surface area contributed by atoms with Gasteiger partial charge in [-0.2, -0.15) is 0 Å². The van der Waals surface area contributed by atoms with Crippen molar-refractivity contribution in [3.63, 3.8) is 0 Å². The first-order valence-corrected chi connectivity index (χ1v) is 11.7. The number of imidazole rings is 1. The van der Waals surface area contributed by atoms with Crippen molar-refractivity contribution in [1.29, 1.82) is 0 Å². The number of carbonyl (C=O) groups excluding carboxylic acids is 2. The average Bonchev–Trinajstić information content (AvgIpc) is 3.59. The summed E-state index contributed by atoms with van der Waals surface area (Å²) in [5.41, 5.74) is 1.78. The maximum Gasteiger partial charge on any atom is 0.301 e. The number of nitrogens with zero attached hydrogens (tertiary/aromatic N) is 4. The van der Waals surface area contributed by atoms with E-state index >= 15 is 0 Å². The molecule has 1 aliphatic rings. The molecule has 1 saturated heterocycles. The van der Waals surface area contributed by atoms with Gasteiger partial charge < -0.3 is 19.3 Å². The summed E-state index contributed by atoms with van der Waals surface area (Å²) in [5, 5.41) is 13.6. The summed E-state index contributed by atoms with van der Waals surface area (Å²) < 4.78 is 18.1. The molecule has 1 aromatic carbocycles. The number of pyridine rings is 1. The zero-order chi connectivity index (χ0) is 25.6. The van der Waals surface area contributed by atoms with Gasteiger partial charge in [0.15, 0.2) is 22.4 Å². The van der Waals surface area contributed by atoms with Gasteiger partial charge in [0.05, 0.1) is 38.6 Å². The molecule has 1 N–H and O–H groups in total. The molecular formula is C25H22N4O6S. The molecule has 1 atom stereocenters. The second-order valence-corrected chi connectivity index (χ2v) is 8.79. The second kappa shape index (κ2) is 9.00. The molecule has 4 heterocycles. The lowest BCUT2D eigenvalue weighted by atomic mass is 9.95. The summed E-state index contributed by atoms with van der Waals surface area (Å²) in [5.74, 6) is -0.969. The van der Waals surface area contributed by atoms with Gasteiger partial charge >= 0.3 is 5.91 Å². The minimum atomic E-state index is -1.02. The third-order valence-corrected chi connectivity index (χ3v) is 6.77. The summed E-state index contributed by atoms with van der Waals surface area (Å²) in [7, 11) is 4.43. The summed E-state index contributed by atoms with van der Waals surface area (Å²) in [6.07, 6.45) is 3.27. The van der Waals surface area contributed by atoms with Gasteiger partial charge in [0, 0.05) is 17.8 Å². The highest BCUT2D eigenvalue weighted by Crippen LogP contribution is 2.47. The van der Waals surface area contributed by atoms with Gasteiger partial charge in [0.1, 0.15) is 11.3 Å². The number of amides is 1. The molecule has 11 heteroatoms. The molecule has 4 aromatic rings. The fourth-order valence-corrected chi connectivity index (χ4v) is 5.13. The number of hydrogen-bond donors (Lipinski definition) is 1. The van der Waals surface area contributed by atoms with Crippen LogP contribution in [0.4, 0.5) is 5.13 Å². The first-order chi connectivity index (χ1) is 17.4. The lowest BCUT2D eigenvalue weighted by Crippen LogP contribution is -2.29. The largest absolute Gasteiger partial charge is 0.505 e. The van der Waals surface area contributed by atoms with Crippen LogP contribution in [0.25, 0.3) is 11.4 Å². The van der Waals surface area contributed by atoms with Crippen LogP contribution in [0.2, 0.25) is 0 Å². The third-order valence-electron chi connectivity index (χ3n) is 6.00. The number of aliphatic hydroxyl groups excluding tert-OH is 1. The first-order valence-electron chi connectivity index (χ1n) is 10.9. The standard InChI is InChI=1S/C25H22N4O6S/c1-13-19(28-9-6-5-7-17(28)27-13)21(30)18-20(29(24(32)22(18)31)25-26-8-10-36-25)14-11-15(33-2)23(35-4)16(12-14)34-3/h5-12,20,30H,1-4H3/b21-18+. The predicted molar refractivity (Wildman–Crippen MR) is 133 cm³/mol. The summed E-state index contributed by atoms with van der Waals surface area (Å²) in [6.45, 7) is 1.73. The Morgan fingerprint density at radius 2 is 1.81 bits per heavy atom. The Balaban J connectivity index is 1.82. The molecule has 0 radical (unpaired) electrons. The van der Waals surface area contributed by atoms with Crippen molar-refractivity contribution in [2.75, 3.05) is 26.2 Å². The summed E-state index contributed by atoms with van der Waals surface area (Å²) in [4.78, 5) is 36.8. The van der Waals surface area contributed by atoms with Crippen LogP contribution in [0.5, 0.6) is 17.2 Å². The maximum absolute atomic E-state index is 13.5. The van der Waals surface area contributed by atoms with Gasteiger partial charge in [-0.15, -0.1) is 11.3 Å². The third kappa shape index (κ3) is 3.47. The summed E-state index contributed by atoms with van der Waals surface area (Å²) >= 11 is 1.20. The highest BCUT2D eigenvalue weighted by molar-refractivity contribution is 7.14. The number of Topliss-reactive ketones (excluding diaryl/α,β-unsaturated/α-hetero) is 1. The molecule has 5 rings (SSSR count). The van der Waals surface area contributed by atoms with E-state index in [0.717, 1.165) is 0 Å². The van der Waals surface area contributed by atoms with Crippen LogP contribution in [-0.2, 0) is 9.59 Å². The number of ether oxygens (including phenoxy) is 3. The molecule has 0 saturated carbocycles. The predicted octanol–water partition coefficient (Wildman–Crippen LogP) is 3.75. The number of carbonyl (C=O) groups is 2. The number of aromatic nitrogens is 3. The number of fused-ring (bicyclic) bond motifs is 1. The van der Waals surface area contributed by atoms with Crippen LogP contribution in [0.3, 0.4) is 0 Å². The molecule has 0 spiro atoms. The van der Waals surface area contributed by atoms with E-state index < -0.39 is 17.7 Å². The Bertz CT molecular complexity index is 1500. The van der Waals surface area contributed by atoms with E-state index in [1.807, 2.05) is 6.07 Å². The van der Waals surface area contributed by atoms with Crippen molar-refractivity contribution >= 4 is 39.6 Å². The number of aryl methyl sites for hydroxylation is 1. The molecule has 184 valence electrons. The molecule has 0 bridgehead atoms. The number of rotatable bonds is 6. The Kier molecular flexibility index (Phi) is 5.84. The van der Waals surface area contributed by atoms with E-state index in [4.69, 9.17) is 14.2 Å². The lowest BCUT2D eigenvalue weighted by Gasteiger charge is -2.24. The lowest BCUT2D eigenvalue weighted by molar-refractivity contribution is -0.132. The molecule has 1 aliphatic heterocycles. The number of methoxy groups -OCH3 is 3. The Labute approximate surface area is 210 Å². The highest BCUT2D eigenvalue weighted by Gasteiger charge is 2.49. The SMILES string of the molecule is COc1cc(C2/C(=C(\O)c3c(C)nc4ccccn34)C(=O)C(=O)N2c2nccs2)cc(OC)c1OC. The molecule has 1 fully saturated rings. The van der Waals surface area contributed by atoms with Crippen LogP contribution in [0.15, 0.2) is 53.7 Å². The maximum atomic E-state index is 13.5. The molecular weight excluding hydrogens is 484 g/mol. The van der Waals surface area contributed by atoms with Gasteiger partial charge in [-0.3, -0.25) is 18.9 Å². The molecule has 1 unspecified atom stereocenters. The van der Waals surface area contributed by atoms with Crippen molar-refractivity contribution in [2.45, 2.75) is 13.0 Å². The monoisotopic (exact) mass is 506 g/mol. The summed E-state index contributed by atoms with van der Waals surface area (Å²) in [6, 6.07) is 7.67. The Morgan fingerprint density at radius 1 is 1.08 bits per heavy atom. The van der Waals surface area contributed by atoms with Crippen LogP contribution in [0, 0.1) is 6.92 Å². The number of ketones is 1. The van der Waals surface area contributed by atoms with Crippen molar-refractivity contribution in [3.05, 3.63) is 70.6 Å². The average molecular weight is 507 g/mol. The number of aliphatic hydroxyl groups is 1. The quantitative estimate of drug-likeness (QED) is 0.239. The molecule has 3 aromatic heterocycles.